The van der Waals surface area contributed by atoms with E-state index < -0.39 is 0 Å². The zero-order chi connectivity index (χ0) is 14.0. The number of anilines is 2. The lowest BCUT2D eigenvalue weighted by Gasteiger charge is -2.14. The van der Waals surface area contributed by atoms with Crippen molar-refractivity contribution in [2.24, 2.45) is 0 Å². The molecular formula is C12H21N5OS. The zero-order valence-corrected chi connectivity index (χ0v) is 12.4. The molecule has 6 nitrogen and oxygen atoms in total. The highest BCUT2D eigenvalue weighted by Crippen LogP contribution is 2.28. The summed E-state index contributed by atoms with van der Waals surface area (Å²) < 4.78 is 4.09. The van der Waals surface area contributed by atoms with E-state index in [1.165, 1.54) is 11.5 Å². The number of rotatable bonds is 4. The van der Waals surface area contributed by atoms with Crippen LogP contribution in [0.1, 0.15) is 30.6 Å². The van der Waals surface area contributed by atoms with Gasteiger partial charge in [0.2, 0.25) is 0 Å². The molecule has 1 saturated heterocycles. The molecular weight excluding hydrogens is 262 g/mol. The Morgan fingerprint density at radius 2 is 2.32 bits per heavy atom. The van der Waals surface area contributed by atoms with Crippen LogP contribution in [0.25, 0.3) is 0 Å². The van der Waals surface area contributed by atoms with E-state index in [4.69, 9.17) is 5.73 Å². The van der Waals surface area contributed by atoms with E-state index >= 15 is 0 Å². The molecule has 1 aliphatic rings. The van der Waals surface area contributed by atoms with Crippen LogP contribution in [-0.2, 0) is 0 Å². The van der Waals surface area contributed by atoms with Crippen LogP contribution in [0, 0.1) is 0 Å². The summed E-state index contributed by atoms with van der Waals surface area (Å²) in [6, 6.07) is 0.438. The Morgan fingerprint density at radius 1 is 1.58 bits per heavy atom. The van der Waals surface area contributed by atoms with Gasteiger partial charge in [-0.15, -0.1) is 0 Å². The minimum atomic E-state index is -0.157. The van der Waals surface area contributed by atoms with E-state index in [0.29, 0.717) is 17.4 Å². The van der Waals surface area contributed by atoms with E-state index in [1.54, 1.807) is 0 Å². The maximum atomic E-state index is 12.1. The summed E-state index contributed by atoms with van der Waals surface area (Å²) in [5.41, 5.74) is 6.29. The molecule has 0 radical (unpaired) electrons. The average molecular weight is 283 g/mol. The molecule has 0 spiro atoms. The predicted octanol–water partition coefficient (Wildman–Crippen LogP) is 0.979. The second-order valence-corrected chi connectivity index (χ2v) is 6.07. The molecule has 1 atom stereocenters. The molecule has 1 unspecified atom stereocenters. The first-order valence-corrected chi connectivity index (χ1v) is 7.25. The van der Waals surface area contributed by atoms with Gasteiger partial charge in [-0.3, -0.25) is 4.79 Å². The van der Waals surface area contributed by atoms with Crippen LogP contribution in [0.5, 0.6) is 0 Å². The summed E-state index contributed by atoms with van der Waals surface area (Å²) in [5, 5.41) is 7.02. The zero-order valence-electron chi connectivity index (χ0n) is 11.6. The number of nitrogens with two attached hydrogens (primary N) is 1. The van der Waals surface area contributed by atoms with Crippen molar-refractivity contribution in [1.29, 1.82) is 0 Å². The lowest BCUT2D eigenvalue weighted by atomic mass is 10.2. The van der Waals surface area contributed by atoms with E-state index in [0.717, 1.165) is 24.5 Å². The third-order valence-corrected chi connectivity index (χ3v) is 3.88. The second-order valence-electron chi connectivity index (χ2n) is 5.29. The topological polar surface area (TPSA) is 83.3 Å². The Morgan fingerprint density at radius 3 is 2.89 bits per heavy atom. The Bertz CT molecular complexity index is 459. The van der Waals surface area contributed by atoms with Gasteiger partial charge in [-0.25, -0.2) is 0 Å². The number of hydrogen-bond acceptors (Lipinski definition) is 6. The molecule has 1 fully saturated rings. The van der Waals surface area contributed by atoms with Crippen molar-refractivity contribution >= 4 is 28.3 Å². The van der Waals surface area contributed by atoms with Gasteiger partial charge < -0.3 is 21.3 Å². The van der Waals surface area contributed by atoms with Crippen molar-refractivity contribution in [2.75, 3.05) is 31.2 Å². The minimum absolute atomic E-state index is 0.0808. The van der Waals surface area contributed by atoms with Crippen LogP contribution in [0.4, 0.5) is 10.8 Å². The molecule has 7 heteroatoms. The first-order valence-electron chi connectivity index (χ1n) is 6.48. The number of carbonyl (C=O) groups excluding carboxylic acids is 1. The van der Waals surface area contributed by atoms with Crippen molar-refractivity contribution < 1.29 is 4.79 Å². The molecule has 0 aromatic carbocycles. The maximum absolute atomic E-state index is 12.1. The van der Waals surface area contributed by atoms with Gasteiger partial charge in [0.25, 0.3) is 5.91 Å². The van der Waals surface area contributed by atoms with Crippen LogP contribution in [-0.4, -0.2) is 47.4 Å². The summed E-state index contributed by atoms with van der Waals surface area (Å²) in [4.78, 5) is 14.4. The molecule has 2 rings (SSSR count). The van der Waals surface area contributed by atoms with Crippen molar-refractivity contribution in [3.8, 4) is 0 Å². The van der Waals surface area contributed by atoms with Gasteiger partial charge in [-0.05, 0) is 45.4 Å². The second kappa shape index (κ2) is 5.75. The van der Waals surface area contributed by atoms with Crippen molar-refractivity contribution in [2.45, 2.75) is 32.4 Å². The van der Waals surface area contributed by atoms with Gasteiger partial charge in [0.05, 0.1) is 0 Å². The largest absolute Gasteiger partial charge is 0.382 e. The molecule has 4 N–H and O–H groups in total. The molecule has 2 heterocycles. The van der Waals surface area contributed by atoms with Gasteiger partial charge in [0.1, 0.15) is 10.6 Å². The number of amides is 1. The third-order valence-electron chi connectivity index (χ3n) is 3.09. The monoisotopic (exact) mass is 283 g/mol. The number of nitrogens with one attached hydrogen (secondary N) is 2. The number of nitrogens with zero attached hydrogens (tertiary/aromatic N) is 2. The first kappa shape index (κ1) is 14.1. The summed E-state index contributed by atoms with van der Waals surface area (Å²) in [6.07, 6.45) is 1.07. The normalized spacial score (nSPS) is 19.9. The molecule has 1 aliphatic heterocycles. The van der Waals surface area contributed by atoms with Crippen molar-refractivity contribution in [1.82, 2.24) is 14.6 Å². The summed E-state index contributed by atoms with van der Waals surface area (Å²) >= 11 is 1.25. The Hall–Kier alpha value is -1.34. The highest BCUT2D eigenvalue weighted by Gasteiger charge is 2.24. The average Bonchev–Trinajstić information content (AvgIpc) is 2.85. The number of carbonyl (C=O) groups is 1. The maximum Gasteiger partial charge on any atom is 0.258 e. The standard InChI is InChI=1S/C12H21N5OS/c1-7(2)14-11(18)9-10(13)16-19-12(9)15-8-4-5-17(3)6-8/h7-8,15H,4-6H2,1-3H3,(H2,13,16)(H,14,18). The number of likely N-dealkylation sites (tertiary alicyclic amines) is 1. The smallest absolute Gasteiger partial charge is 0.258 e. The van der Waals surface area contributed by atoms with Gasteiger partial charge in [0.15, 0.2) is 5.82 Å². The van der Waals surface area contributed by atoms with Gasteiger partial charge in [0, 0.05) is 18.6 Å². The number of nitrogen functional groups attached to an aromatic ring is 1. The number of aromatic nitrogens is 1. The molecule has 1 amide bonds. The fourth-order valence-corrected chi connectivity index (χ4v) is 2.98. The Labute approximate surface area is 117 Å². The summed E-state index contributed by atoms with van der Waals surface area (Å²) in [5.74, 6) is 0.145. The Kier molecular flexibility index (Phi) is 4.26. The van der Waals surface area contributed by atoms with Gasteiger partial charge in [-0.1, -0.05) is 0 Å². The highest BCUT2D eigenvalue weighted by molar-refractivity contribution is 7.11. The number of hydrogen-bond donors (Lipinski definition) is 3. The lowest BCUT2D eigenvalue weighted by molar-refractivity contribution is 0.0945. The molecule has 1 aromatic rings. The molecule has 0 bridgehead atoms. The fourth-order valence-electron chi connectivity index (χ4n) is 2.19. The van der Waals surface area contributed by atoms with Crippen LogP contribution in [0.2, 0.25) is 0 Å². The van der Waals surface area contributed by atoms with Crippen molar-refractivity contribution in [3.05, 3.63) is 5.56 Å². The summed E-state index contributed by atoms with van der Waals surface area (Å²) in [7, 11) is 2.09. The van der Waals surface area contributed by atoms with E-state index in [1.807, 2.05) is 13.8 Å². The lowest BCUT2D eigenvalue weighted by Crippen LogP contribution is -2.31. The molecule has 0 saturated carbocycles. The van der Waals surface area contributed by atoms with Gasteiger partial charge in [-0.2, -0.15) is 4.37 Å². The quantitative estimate of drug-likeness (QED) is 0.767. The van der Waals surface area contributed by atoms with Crippen LogP contribution in [0.15, 0.2) is 0 Å². The molecule has 1 aromatic heterocycles. The van der Waals surface area contributed by atoms with Crippen molar-refractivity contribution in [3.63, 3.8) is 0 Å². The SMILES string of the molecule is CC(C)NC(=O)c1c(N)nsc1NC1CCN(C)C1. The molecule has 0 aliphatic carbocycles. The highest BCUT2D eigenvalue weighted by atomic mass is 32.1. The van der Waals surface area contributed by atoms with E-state index in [9.17, 15) is 4.79 Å². The van der Waals surface area contributed by atoms with Crippen LogP contribution in [0.3, 0.4) is 0 Å². The minimum Gasteiger partial charge on any atom is -0.382 e. The molecule has 19 heavy (non-hydrogen) atoms. The van der Waals surface area contributed by atoms with E-state index in [2.05, 4.69) is 27.0 Å². The van der Waals surface area contributed by atoms with Crippen LogP contribution >= 0.6 is 11.5 Å². The first-order chi connectivity index (χ1) is 8.97. The Balaban J connectivity index is 2.11. The fraction of sp³-hybridized carbons (Fsp3) is 0.667. The number of likely N-dealkylation sites (N-methyl/N-ethyl adjacent to an activating group) is 1. The van der Waals surface area contributed by atoms with Gasteiger partial charge >= 0.3 is 0 Å². The third kappa shape index (κ3) is 3.36. The molecule has 106 valence electrons. The summed E-state index contributed by atoms with van der Waals surface area (Å²) in [6.45, 7) is 5.89. The van der Waals surface area contributed by atoms with Crippen LogP contribution < -0.4 is 16.4 Å². The van der Waals surface area contributed by atoms with E-state index in [-0.39, 0.29) is 11.9 Å². The predicted molar refractivity (Wildman–Crippen MR) is 78.7 cm³/mol.